The van der Waals surface area contributed by atoms with Crippen LogP contribution in [0.15, 0.2) is 0 Å². The lowest BCUT2D eigenvalue weighted by Crippen LogP contribution is -2.27. The van der Waals surface area contributed by atoms with Gasteiger partial charge >= 0.3 is 0 Å². The molecule has 0 bridgehead atoms. The predicted octanol–water partition coefficient (Wildman–Crippen LogP) is 1.78. The Hall–Kier alpha value is -0.240. The molecule has 0 N–H and O–H groups in total. The fraction of sp³-hybridized carbons (Fsp3) is 0.900. The van der Waals surface area contributed by atoms with E-state index in [9.17, 15) is 0 Å². The molecule has 2 fully saturated rings. The molecule has 0 aromatic heterocycles. The van der Waals surface area contributed by atoms with Gasteiger partial charge in [0.05, 0.1) is 25.2 Å². The SMILES string of the molecule is N#CCC1COC(C2CCCSC2)O1. The second kappa shape index (κ2) is 5.01. The summed E-state index contributed by atoms with van der Waals surface area (Å²) in [5.41, 5.74) is 0. The van der Waals surface area contributed by atoms with Gasteiger partial charge in [0.1, 0.15) is 0 Å². The molecule has 2 rings (SSSR count). The summed E-state index contributed by atoms with van der Waals surface area (Å²) in [7, 11) is 0. The highest BCUT2D eigenvalue weighted by Gasteiger charge is 2.33. The summed E-state index contributed by atoms with van der Waals surface area (Å²) in [4.78, 5) is 0. The van der Waals surface area contributed by atoms with Gasteiger partial charge in [-0.05, 0) is 18.6 Å². The van der Waals surface area contributed by atoms with Crippen molar-refractivity contribution in [2.24, 2.45) is 5.92 Å². The van der Waals surface area contributed by atoms with Crippen LogP contribution in [0.3, 0.4) is 0 Å². The zero-order chi connectivity index (χ0) is 9.80. The molecule has 3 unspecified atom stereocenters. The average Bonchev–Trinajstić information content (AvgIpc) is 2.68. The number of hydrogen-bond acceptors (Lipinski definition) is 4. The molecule has 2 aliphatic heterocycles. The third-order valence-electron chi connectivity index (χ3n) is 2.67. The molecular formula is C10H15NO2S. The maximum Gasteiger partial charge on any atom is 0.161 e. The van der Waals surface area contributed by atoms with E-state index in [-0.39, 0.29) is 12.4 Å². The summed E-state index contributed by atoms with van der Waals surface area (Å²) in [6.07, 6.45) is 2.90. The average molecular weight is 213 g/mol. The van der Waals surface area contributed by atoms with E-state index in [0.717, 1.165) is 5.75 Å². The Bertz CT molecular complexity index is 223. The molecule has 0 aromatic carbocycles. The van der Waals surface area contributed by atoms with Gasteiger partial charge in [0.2, 0.25) is 0 Å². The van der Waals surface area contributed by atoms with E-state index in [0.29, 0.717) is 18.9 Å². The first-order valence-corrected chi connectivity index (χ1v) is 6.27. The number of hydrogen-bond donors (Lipinski definition) is 0. The van der Waals surface area contributed by atoms with Crippen LogP contribution in [-0.4, -0.2) is 30.5 Å². The topological polar surface area (TPSA) is 42.2 Å². The van der Waals surface area contributed by atoms with E-state index >= 15 is 0 Å². The molecule has 78 valence electrons. The maximum atomic E-state index is 8.53. The zero-order valence-electron chi connectivity index (χ0n) is 8.15. The highest BCUT2D eigenvalue weighted by molar-refractivity contribution is 7.99. The molecule has 0 aromatic rings. The molecule has 0 amide bonds. The fourth-order valence-electron chi connectivity index (χ4n) is 1.91. The number of rotatable bonds is 2. The molecule has 2 saturated heterocycles. The van der Waals surface area contributed by atoms with Gasteiger partial charge in [0, 0.05) is 11.7 Å². The van der Waals surface area contributed by atoms with Gasteiger partial charge < -0.3 is 9.47 Å². The Morgan fingerprint density at radius 1 is 1.50 bits per heavy atom. The quantitative estimate of drug-likeness (QED) is 0.701. The minimum Gasteiger partial charge on any atom is -0.350 e. The van der Waals surface area contributed by atoms with Gasteiger partial charge in [-0.15, -0.1) is 0 Å². The van der Waals surface area contributed by atoms with E-state index in [1.54, 1.807) is 0 Å². The van der Waals surface area contributed by atoms with E-state index < -0.39 is 0 Å². The van der Waals surface area contributed by atoms with Crippen molar-refractivity contribution < 1.29 is 9.47 Å². The zero-order valence-corrected chi connectivity index (χ0v) is 8.96. The van der Waals surface area contributed by atoms with Crippen molar-refractivity contribution in [2.45, 2.75) is 31.7 Å². The molecule has 3 nitrogen and oxygen atoms in total. The van der Waals surface area contributed by atoms with Crippen LogP contribution in [0.1, 0.15) is 19.3 Å². The largest absolute Gasteiger partial charge is 0.350 e. The Labute approximate surface area is 88.8 Å². The van der Waals surface area contributed by atoms with Crippen molar-refractivity contribution in [3.05, 3.63) is 0 Å². The molecule has 0 radical (unpaired) electrons. The van der Waals surface area contributed by atoms with Gasteiger partial charge in [0.25, 0.3) is 0 Å². The highest BCUT2D eigenvalue weighted by Crippen LogP contribution is 2.30. The van der Waals surface area contributed by atoms with Gasteiger partial charge in [-0.1, -0.05) is 0 Å². The normalized spacial score (nSPS) is 38.1. The first-order chi connectivity index (χ1) is 6.90. The molecule has 3 atom stereocenters. The van der Waals surface area contributed by atoms with Crippen molar-refractivity contribution in [3.8, 4) is 6.07 Å². The van der Waals surface area contributed by atoms with Crippen LogP contribution in [0.5, 0.6) is 0 Å². The Kier molecular flexibility index (Phi) is 3.68. The van der Waals surface area contributed by atoms with Gasteiger partial charge in [0.15, 0.2) is 6.29 Å². The van der Waals surface area contributed by atoms with Crippen LogP contribution < -0.4 is 0 Å². The maximum absolute atomic E-state index is 8.53. The van der Waals surface area contributed by atoms with E-state index in [1.807, 2.05) is 11.8 Å². The van der Waals surface area contributed by atoms with Crippen molar-refractivity contribution >= 4 is 11.8 Å². The standard InChI is InChI=1S/C10H15NO2S/c11-4-3-9-6-12-10(13-9)8-2-1-5-14-7-8/h8-10H,1-3,5-7H2. The summed E-state index contributed by atoms with van der Waals surface area (Å²) < 4.78 is 11.3. The lowest BCUT2D eigenvalue weighted by atomic mass is 10.1. The summed E-state index contributed by atoms with van der Waals surface area (Å²) in [5.74, 6) is 2.95. The number of nitrogens with zero attached hydrogens (tertiary/aromatic N) is 1. The van der Waals surface area contributed by atoms with Crippen molar-refractivity contribution in [2.75, 3.05) is 18.1 Å². The molecule has 0 spiro atoms. The molecule has 0 aliphatic carbocycles. The van der Waals surface area contributed by atoms with Gasteiger partial charge in [-0.2, -0.15) is 17.0 Å². The highest BCUT2D eigenvalue weighted by atomic mass is 32.2. The van der Waals surface area contributed by atoms with E-state index in [2.05, 4.69) is 6.07 Å². The first kappa shape index (κ1) is 10.3. The third kappa shape index (κ3) is 2.41. The van der Waals surface area contributed by atoms with Gasteiger partial charge in [-0.3, -0.25) is 0 Å². The fourth-order valence-corrected chi connectivity index (χ4v) is 3.07. The van der Waals surface area contributed by atoms with Crippen molar-refractivity contribution in [3.63, 3.8) is 0 Å². The summed E-state index contributed by atoms with van der Waals surface area (Å²) in [6.45, 7) is 0.597. The molecule has 2 heterocycles. The molecule has 4 heteroatoms. The van der Waals surface area contributed by atoms with Crippen LogP contribution >= 0.6 is 11.8 Å². The minimum absolute atomic E-state index is 0.0110. The smallest absolute Gasteiger partial charge is 0.161 e. The number of thioether (sulfide) groups is 1. The summed E-state index contributed by atoms with van der Waals surface area (Å²) in [5, 5.41) is 8.53. The second-order valence-corrected chi connectivity index (χ2v) is 4.95. The van der Waals surface area contributed by atoms with Crippen LogP contribution in [0.25, 0.3) is 0 Å². The monoisotopic (exact) mass is 213 g/mol. The minimum atomic E-state index is -0.0406. The molecule has 0 saturated carbocycles. The summed E-state index contributed by atoms with van der Waals surface area (Å²) in [6, 6.07) is 2.12. The third-order valence-corrected chi connectivity index (χ3v) is 3.91. The number of nitriles is 1. The van der Waals surface area contributed by atoms with E-state index in [4.69, 9.17) is 14.7 Å². The van der Waals surface area contributed by atoms with Crippen LogP contribution in [0.2, 0.25) is 0 Å². The number of ether oxygens (including phenoxy) is 2. The lowest BCUT2D eigenvalue weighted by Gasteiger charge is -2.25. The molecular weight excluding hydrogens is 198 g/mol. The van der Waals surface area contributed by atoms with E-state index in [1.165, 1.54) is 18.6 Å². The molecule has 14 heavy (non-hydrogen) atoms. The van der Waals surface area contributed by atoms with Gasteiger partial charge in [-0.25, -0.2) is 0 Å². The Morgan fingerprint density at radius 2 is 2.43 bits per heavy atom. The Morgan fingerprint density at radius 3 is 3.14 bits per heavy atom. The molecule has 2 aliphatic rings. The van der Waals surface area contributed by atoms with Crippen LogP contribution in [-0.2, 0) is 9.47 Å². The van der Waals surface area contributed by atoms with Crippen LogP contribution in [0, 0.1) is 17.2 Å². The summed E-state index contributed by atoms with van der Waals surface area (Å²) >= 11 is 1.98. The second-order valence-electron chi connectivity index (χ2n) is 3.80. The lowest BCUT2D eigenvalue weighted by molar-refractivity contribution is -0.0921. The Balaban J connectivity index is 1.79. The predicted molar refractivity (Wildman–Crippen MR) is 54.9 cm³/mol. The van der Waals surface area contributed by atoms with Crippen LogP contribution in [0.4, 0.5) is 0 Å². The van der Waals surface area contributed by atoms with Crippen molar-refractivity contribution in [1.29, 1.82) is 5.26 Å². The first-order valence-electron chi connectivity index (χ1n) is 5.12. The van der Waals surface area contributed by atoms with Crippen molar-refractivity contribution in [1.82, 2.24) is 0 Å².